The summed E-state index contributed by atoms with van der Waals surface area (Å²) in [5.74, 6) is 0.868. The SMILES string of the molecule is COc1ccc(C)cc1CN1CCN(S(=O)(=O)c2cccc3cc(C)cnc23)CC1. The maximum Gasteiger partial charge on any atom is 0.245 e. The highest BCUT2D eigenvalue weighted by Crippen LogP contribution is 2.27. The Kier molecular flexibility index (Phi) is 5.77. The number of rotatable bonds is 5. The van der Waals surface area contributed by atoms with Gasteiger partial charge in [0.1, 0.15) is 10.6 Å². The van der Waals surface area contributed by atoms with Crippen molar-refractivity contribution in [3.8, 4) is 5.75 Å². The quantitative estimate of drug-likeness (QED) is 0.627. The van der Waals surface area contributed by atoms with Crippen molar-refractivity contribution in [1.29, 1.82) is 0 Å². The first kappa shape index (κ1) is 20.8. The Morgan fingerprint density at radius 3 is 2.50 bits per heavy atom. The van der Waals surface area contributed by atoms with Crippen LogP contribution in [0.4, 0.5) is 0 Å². The average molecular weight is 426 g/mol. The molecule has 158 valence electrons. The number of ether oxygens (including phenoxy) is 1. The molecule has 0 N–H and O–H groups in total. The molecule has 4 rings (SSSR count). The molecule has 0 spiro atoms. The van der Waals surface area contributed by atoms with E-state index >= 15 is 0 Å². The number of fused-ring (bicyclic) bond motifs is 1. The number of sulfonamides is 1. The van der Waals surface area contributed by atoms with Crippen LogP contribution in [0.2, 0.25) is 0 Å². The fourth-order valence-electron chi connectivity index (χ4n) is 3.99. The summed E-state index contributed by atoms with van der Waals surface area (Å²) >= 11 is 0. The molecule has 7 heteroatoms. The first-order valence-electron chi connectivity index (χ1n) is 10.1. The van der Waals surface area contributed by atoms with E-state index in [1.807, 2.05) is 31.2 Å². The second-order valence-corrected chi connectivity index (χ2v) is 9.74. The van der Waals surface area contributed by atoms with Crippen LogP contribution in [0.5, 0.6) is 5.75 Å². The summed E-state index contributed by atoms with van der Waals surface area (Å²) in [6.07, 6.45) is 1.72. The number of methoxy groups -OCH3 is 1. The minimum atomic E-state index is -3.60. The van der Waals surface area contributed by atoms with Gasteiger partial charge >= 0.3 is 0 Å². The number of para-hydroxylation sites is 1. The molecule has 1 aromatic heterocycles. The van der Waals surface area contributed by atoms with Gasteiger partial charge in [-0.15, -0.1) is 0 Å². The molecule has 0 radical (unpaired) electrons. The standard InChI is InChI=1S/C23H27N3O3S/c1-17-7-8-21(29-3)20(13-17)16-25-9-11-26(12-10-25)30(27,28)22-6-4-5-19-14-18(2)15-24-23(19)22/h4-8,13-15H,9-12,16H2,1-3H3. The summed E-state index contributed by atoms with van der Waals surface area (Å²) in [7, 11) is -1.92. The van der Waals surface area contributed by atoms with Crippen molar-refractivity contribution in [2.45, 2.75) is 25.3 Å². The van der Waals surface area contributed by atoms with Crippen molar-refractivity contribution < 1.29 is 13.2 Å². The van der Waals surface area contributed by atoms with Crippen LogP contribution in [0.3, 0.4) is 0 Å². The van der Waals surface area contributed by atoms with Crippen molar-refractivity contribution in [3.05, 3.63) is 65.4 Å². The predicted octanol–water partition coefficient (Wildman–Crippen LogP) is 3.37. The Morgan fingerprint density at radius 1 is 1.00 bits per heavy atom. The van der Waals surface area contributed by atoms with Gasteiger partial charge in [0.25, 0.3) is 0 Å². The van der Waals surface area contributed by atoms with E-state index in [0.29, 0.717) is 31.7 Å². The lowest BCUT2D eigenvalue weighted by atomic mass is 10.1. The van der Waals surface area contributed by atoms with E-state index in [-0.39, 0.29) is 4.90 Å². The molecule has 1 saturated heterocycles. The van der Waals surface area contributed by atoms with Gasteiger partial charge in [-0.3, -0.25) is 9.88 Å². The number of hydrogen-bond donors (Lipinski definition) is 0. The summed E-state index contributed by atoms with van der Waals surface area (Å²) in [5.41, 5.74) is 3.86. The van der Waals surface area contributed by atoms with Gasteiger partial charge in [-0.2, -0.15) is 4.31 Å². The fraction of sp³-hybridized carbons (Fsp3) is 0.348. The topological polar surface area (TPSA) is 62.7 Å². The van der Waals surface area contributed by atoms with Crippen LogP contribution in [0, 0.1) is 13.8 Å². The zero-order chi connectivity index (χ0) is 21.3. The Morgan fingerprint density at radius 2 is 1.77 bits per heavy atom. The molecular weight excluding hydrogens is 398 g/mol. The van der Waals surface area contributed by atoms with E-state index in [4.69, 9.17) is 4.74 Å². The van der Waals surface area contributed by atoms with Crippen molar-refractivity contribution in [3.63, 3.8) is 0 Å². The molecular formula is C23H27N3O3S. The third kappa shape index (κ3) is 4.05. The van der Waals surface area contributed by atoms with E-state index in [2.05, 4.69) is 22.9 Å². The van der Waals surface area contributed by atoms with Gasteiger partial charge in [0, 0.05) is 49.9 Å². The van der Waals surface area contributed by atoms with Crippen molar-refractivity contribution in [1.82, 2.24) is 14.2 Å². The summed E-state index contributed by atoms with van der Waals surface area (Å²) in [4.78, 5) is 6.97. The zero-order valence-electron chi connectivity index (χ0n) is 17.6. The van der Waals surface area contributed by atoms with Gasteiger partial charge in [-0.1, -0.05) is 29.8 Å². The maximum absolute atomic E-state index is 13.3. The highest BCUT2D eigenvalue weighted by Gasteiger charge is 2.30. The highest BCUT2D eigenvalue weighted by molar-refractivity contribution is 7.89. The Labute approximate surface area is 178 Å². The molecule has 1 aliphatic heterocycles. The Hall–Kier alpha value is -2.48. The maximum atomic E-state index is 13.3. The number of nitrogens with zero attached hydrogens (tertiary/aromatic N) is 3. The summed E-state index contributed by atoms with van der Waals surface area (Å²) in [6, 6.07) is 13.5. The average Bonchev–Trinajstić information content (AvgIpc) is 2.73. The minimum absolute atomic E-state index is 0.286. The molecule has 0 aliphatic carbocycles. The Balaban J connectivity index is 1.51. The Bertz CT molecular complexity index is 1170. The molecule has 0 saturated carbocycles. The van der Waals surface area contributed by atoms with E-state index in [9.17, 15) is 8.42 Å². The van der Waals surface area contributed by atoms with Gasteiger partial charge < -0.3 is 4.74 Å². The smallest absolute Gasteiger partial charge is 0.245 e. The van der Waals surface area contributed by atoms with Crippen LogP contribution in [0.1, 0.15) is 16.7 Å². The minimum Gasteiger partial charge on any atom is -0.496 e. The van der Waals surface area contributed by atoms with Gasteiger partial charge in [0.05, 0.1) is 12.6 Å². The number of aryl methyl sites for hydroxylation is 2. The number of piperazine rings is 1. The lowest BCUT2D eigenvalue weighted by Crippen LogP contribution is -2.48. The van der Waals surface area contributed by atoms with Crippen LogP contribution in [0.25, 0.3) is 10.9 Å². The molecule has 30 heavy (non-hydrogen) atoms. The predicted molar refractivity (Wildman–Crippen MR) is 118 cm³/mol. The molecule has 3 aromatic rings. The number of hydrogen-bond acceptors (Lipinski definition) is 5. The number of pyridine rings is 1. The molecule has 2 aromatic carbocycles. The molecule has 1 fully saturated rings. The van der Waals surface area contributed by atoms with Crippen LogP contribution >= 0.6 is 0 Å². The number of aromatic nitrogens is 1. The molecule has 2 heterocycles. The van der Waals surface area contributed by atoms with Gasteiger partial charge in [-0.05, 0) is 37.6 Å². The van der Waals surface area contributed by atoms with Gasteiger partial charge in [-0.25, -0.2) is 8.42 Å². The largest absolute Gasteiger partial charge is 0.496 e. The van der Waals surface area contributed by atoms with Crippen LogP contribution in [-0.2, 0) is 16.6 Å². The second-order valence-electron chi connectivity index (χ2n) is 7.84. The lowest BCUT2D eigenvalue weighted by molar-refractivity contribution is 0.180. The summed E-state index contributed by atoms with van der Waals surface area (Å²) in [5, 5.41) is 0.848. The molecule has 6 nitrogen and oxygen atoms in total. The monoisotopic (exact) mass is 425 g/mol. The van der Waals surface area contributed by atoms with E-state index in [1.54, 1.807) is 29.7 Å². The first-order valence-corrected chi connectivity index (χ1v) is 11.5. The van der Waals surface area contributed by atoms with Gasteiger partial charge in [0.15, 0.2) is 0 Å². The summed E-state index contributed by atoms with van der Waals surface area (Å²) < 4.78 is 33.7. The van der Waals surface area contributed by atoms with Crippen LogP contribution < -0.4 is 4.74 Å². The van der Waals surface area contributed by atoms with Crippen LogP contribution in [0.15, 0.2) is 53.6 Å². The van der Waals surface area contributed by atoms with Crippen LogP contribution in [-0.4, -0.2) is 55.9 Å². The first-order chi connectivity index (χ1) is 14.4. The van der Waals surface area contributed by atoms with Crippen molar-refractivity contribution in [2.75, 3.05) is 33.3 Å². The van der Waals surface area contributed by atoms with Crippen molar-refractivity contribution >= 4 is 20.9 Å². The molecule has 0 unspecified atom stereocenters. The highest BCUT2D eigenvalue weighted by atomic mass is 32.2. The third-order valence-electron chi connectivity index (χ3n) is 5.59. The van der Waals surface area contributed by atoms with Gasteiger partial charge in [0.2, 0.25) is 10.0 Å². The normalized spacial score (nSPS) is 16.1. The van der Waals surface area contributed by atoms with Crippen molar-refractivity contribution in [2.24, 2.45) is 0 Å². The van der Waals surface area contributed by atoms with E-state index in [1.165, 1.54) is 5.56 Å². The third-order valence-corrected chi connectivity index (χ3v) is 7.52. The van der Waals surface area contributed by atoms with E-state index < -0.39 is 10.0 Å². The molecule has 0 atom stereocenters. The lowest BCUT2D eigenvalue weighted by Gasteiger charge is -2.34. The number of benzene rings is 2. The summed E-state index contributed by atoms with van der Waals surface area (Å²) in [6.45, 7) is 7.02. The fourth-order valence-corrected chi connectivity index (χ4v) is 5.58. The molecule has 0 amide bonds. The van der Waals surface area contributed by atoms with E-state index in [0.717, 1.165) is 28.8 Å². The zero-order valence-corrected chi connectivity index (χ0v) is 18.4. The molecule has 1 aliphatic rings. The second kappa shape index (κ2) is 8.34. The molecule has 0 bridgehead atoms.